The van der Waals surface area contributed by atoms with Gasteiger partial charge in [0.25, 0.3) is 5.56 Å². The van der Waals surface area contributed by atoms with Crippen molar-refractivity contribution in [1.82, 2.24) is 14.7 Å². The van der Waals surface area contributed by atoms with E-state index in [1.54, 1.807) is 24.3 Å². The molecule has 3 heterocycles. The average molecular weight is 581 g/mol. The number of nitrogens with zero attached hydrogens (tertiary/aromatic N) is 3. The molecular weight excluding hydrogens is 552 g/mol. The van der Waals surface area contributed by atoms with Gasteiger partial charge in [-0.25, -0.2) is 9.78 Å². The molecule has 2 N–H and O–H groups in total. The number of aromatic nitrogens is 3. The van der Waals surface area contributed by atoms with Gasteiger partial charge in [-0.15, -0.1) is 0 Å². The third-order valence-corrected chi connectivity index (χ3v) is 6.30. The van der Waals surface area contributed by atoms with Gasteiger partial charge in [-0.3, -0.25) is 14.2 Å². The lowest BCUT2D eigenvalue weighted by atomic mass is 9.97. The first-order valence-corrected chi connectivity index (χ1v) is 13.0. The van der Waals surface area contributed by atoms with Crippen LogP contribution in [0.15, 0.2) is 70.4 Å². The number of hydrogen-bond acceptors (Lipinski definition) is 8. The van der Waals surface area contributed by atoms with Gasteiger partial charge in [0.15, 0.2) is 0 Å². The number of carboxylic acid groups (broad SMARTS) is 1. The first-order valence-electron chi connectivity index (χ1n) is 12.6. The minimum Gasteiger partial charge on any atom is -0.495 e. The van der Waals surface area contributed by atoms with Gasteiger partial charge in [-0.05, 0) is 50.6 Å². The van der Waals surface area contributed by atoms with Crippen molar-refractivity contribution < 1.29 is 28.7 Å². The summed E-state index contributed by atoms with van der Waals surface area (Å²) in [6, 6.07) is 9.94. The Kier molecular flexibility index (Phi) is 8.89. The molecule has 0 radical (unpaired) electrons. The van der Waals surface area contributed by atoms with Gasteiger partial charge < -0.3 is 24.4 Å². The van der Waals surface area contributed by atoms with E-state index < -0.39 is 29.1 Å². The molecule has 0 fully saturated rings. The molecule has 0 aliphatic carbocycles. The van der Waals surface area contributed by atoms with Crippen LogP contribution in [0.1, 0.15) is 43.7 Å². The van der Waals surface area contributed by atoms with Crippen LogP contribution in [0.2, 0.25) is 5.02 Å². The fourth-order valence-electron chi connectivity index (χ4n) is 4.15. The lowest BCUT2D eigenvalue weighted by Crippen LogP contribution is -2.34. The van der Waals surface area contributed by atoms with Crippen LogP contribution in [0.5, 0.6) is 5.75 Å². The normalized spacial score (nSPS) is 12.1. The van der Waals surface area contributed by atoms with E-state index in [-0.39, 0.29) is 24.4 Å². The number of hydrogen-bond donors (Lipinski definition) is 2. The van der Waals surface area contributed by atoms with E-state index in [0.717, 1.165) is 0 Å². The van der Waals surface area contributed by atoms with Gasteiger partial charge >= 0.3 is 5.97 Å². The minimum absolute atomic E-state index is 0.160. The van der Waals surface area contributed by atoms with Crippen LogP contribution in [0.3, 0.4) is 0 Å². The molecule has 0 aliphatic heterocycles. The number of pyridine rings is 2. The van der Waals surface area contributed by atoms with Crippen LogP contribution in [0, 0.1) is 0 Å². The van der Waals surface area contributed by atoms with E-state index in [0.29, 0.717) is 33.2 Å². The van der Waals surface area contributed by atoms with Crippen molar-refractivity contribution in [2.45, 2.75) is 38.8 Å². The SMILES string of the molecule is COc1cn([C@@H](CCOC(C)(C)C)C(=O)Nc2ccc(C(=O)O)nc2)c(=O)cc1-c1cc(Cl)ccc1-c1ccon1. The monoisotopic (exact) mass is 580 g/mol. The van der Waals surface area contributed by atoms with Crippen LogP contribution < -0.4 is 15.6 Å². The summed E-state index contributed by atoms with van der Waals surface area (Å²) in [5.41, 5.74) is 1.43. The van der Waals surface area contributed by atoms with E-state index in [9.17, 15) is 14.4 Å². The molecular formula is C29H29ClN4O7. The minimum atomic E-state index is -1.19. The highest BCUT2D eigenvalue weighted by Gasteiger charge is 2.26. The van der Waals surface area contributed by atoms with Crippen molar-refractivity contribution in [2.75, 3.05) is 19.0 Å². The van der Waals surface area contributed by atoms with Gasteiger partial charge in [0.2, 0.25) is 5.91 Å². The average Bonchev–Trinajstić information content (AvgIpc) is 3.46. The molecule has 11 nitrogen and oxygen atoms in total. The smallest absolute Gasteiger partial charge is 0.354 e. The number of benzene rings is 1. The number of halogens is 1. The largest absolute Gasteiger partial charge is 0.495 e. The Hall–Kier alpha value is -4.48. The highest BCUT2D eigenvalue weighted by molar-refractivity contribution is 6.31. The Labute approximate surface area is 240 Å². The lowest BCUT2D eigenvalue weighted by molar-refractivity contribution is -0.120. The summed E-state index contributed by atoms with van der Waals surface area (Å²) < 4.78 is 17.8. The number of rotatable bonds is 10. The third-order valence-electron chi connectivity index (χ3n) is 6.06. The number of carbonyl (C=O) groups is 2. The number of nitrogens with one attached hydrogen (secondary N) is 1. The molecule has 4 rings (SSSR count). The van der Waals surface area contributed by atoms with Crippen LogP contribution in [0.4, 0.5) is 5.69 Å². The van der Waals surface area contributed by atoms with Gasteiger partial charge in [0.1, 0.15) is 29.4 Å². The van der Waals surface area contributed by atoms with Crippen LogP contribution >= 0.6 is 11.6 Å². The molecule has 3 aromatic heterocycles. The molecule has 0 aliphatic rings. The highest BCUT2D eigenvalue weighted by Crippen LogP contribution is 2.38. The molecule has 0 spiro atoms. The van der Waals surface area contributed by atoms with E-state index in [2.05, 4.69) is 15.5 Å². The number of methoxy groups -OCH3 is 1. The first-order chi connectivity index (χ1) is 19.5. The van der Waals surface area contributed by atoms with E-state index in [4.69, 9.17) is 30.7 Å². The third kappa shape index (κ3) is 7.19. The fraction of sp³-hybridized carbons (Fsp3) is 0.276. The summed E-state index contributed by atoms with van der Waals surface area (Å²) in [5, 5.41) is 16.3. The molecule has 0 unspecified atom stereocenters. The molecule has 1 atom stereocenters. The molecule has 0 saturated carbocycles. The topological polar surface area (TPSA) is 146 Å². The van der Waals surface area contributed by atoms with Crippen molar-refractivity contribution in [2.24, 2.45) is 0 Å². The van der Waals surface area contributed by atoms with Crippen LogP contribution in [0.25, 0.3) is 22.4 Å². The summed E-state index contributed by atoms with van der Waals surface area (Å²) >= 11 is 6.31. The van der Waals surface area contributed by atoms with Crippen molar-refractivity contribution >= 4 is 29.2 Å². The number of anilines is 1. The number of amides is 1. The predicted molar refractivity (Wildman–Crippen MR) is 152 cm³/mol. The van der Waals surface area contributed by atoms with Crippen molar-refractivity contribution in [3.63, 3.8) is 0 Å². The molecule has 0 bridgehead atoms. The number of aromatic carboxylic acids is 1. The standard InChI is InChI=1S/C29H29ClN4O7/c1-29(2,3)40-11-10-24(27(36)32-18-6-8-23(28(37)38)31-15-18)34-16-25(39-4)21(14-26(34)35)20-13-17(30)5-7-19(20)22-9-12-41-33-22/h5-9,12-16,24H,10-11H2,1-4H3,(H,32,36)(H,37,38)/t24-/m0/s1. The van der Waals surface area contributed by atoms with E-state index in [1.165, 1.54) is 48.5 Å². The molecule has 1 amide bonds. The molecule has 41 heavy (non-hydrogen) atoms. The molecule has 4 aromatic rings. The maximum atomic E-state index is 13.6. The maximum absolute atomic E-state index is 13.6. The second-order valence-corrected chi connectivity index (χ2v) is 10.5. The van der Waals surface area contributed by atoms with Crippen LogP contribution in [-0.2, 0) is 9.53 Å². The second kappa shape index (κ2) is 12.4. The summed E-state index contributed by atoms with van der Waals surface area (Å²) in [6.07, 6.45) is 4.31. The van der Waals surface area contributed by atoms with Crippen LogP contribution in [-0.4, -0.2) is 51.0 Å². The van der Waals surface area contributed by atoms with E-state index >= 15 is 0 Å². The molecule has 0 saturated heterocycles. The van der Waals surface area contributed by atoms with Gasteiger partial charge in [0.05, 0.1) is 30.8 Å². The fourth-order valence-corrected chi connectivity index (χ4v) is 4.32. The zero-order valence-electron chi connectivity index (χ0n) is 22.9. The van der Waals surface area contributed by atoms with E-state index in [1.807, 2.05) is 20.8 Å². The van der Waals surface area contributed by atoms with Crippen molar-refractivity contribution in [3.05, 3.63) is 82.2 Å². The predicted octanol–water partition coefficient (Wildman–Crippen LogP) is 5.31. The first kappa shape index (κ1) is 29.5. The summed E-state index contributed by atoms with van der Waals surface area (Å²) in [5.74, 6) is -1.39. The Morgan fingerprint density at radius 1 is 1.12 bits per heavy atom. The van der Waals surface area contributed by atoms with Crippen molar-refractivity contribution in [3.8, 4) is 28.1 Å². The molecule has 12 heteroatoms. The summed E-state index contributed by atoms with van der Waals surface area (Å²) in [4.78, 5) is 42.1. The molecule has 214 valence electrons. The highest BCUT2D eigenvalue weighted by atomic mass is 35.5. The Morgan fingerprint density at radius 2 is 1.90 bits per heavy atom. The Morgan fingerprint density at radius 3 is 2.51 bits per heavy atom. The zero-order valence-corrected chi connectivity index (χ0v) is 23.6. The molecule has 1 aromatic carbocycles. The second-order valence-electron chi connectivity index (χ2n) is 10.1. The zero-order chi connectivity index (χ0) is 29.7. The van der Waals surface area contributed by atoms with Crippen molar-refractivity contribution in [1.29, 1.82) is 0 Å². The maximum Gasteiger partial charge on any atom is 0.354 e. The van der Waals surface area contributed by atoms with Gasteiger partial charge in [0, 0.05) is 41.3 Å². The number of carboxylic acids is 1. The summed E-state index contributed by atoms with van der Waals surface area (Å²) in [6.45, 7) is 5.84. The summed E-state index contributed by atoms with van der Waals surface area (Å²) in [7, 11) is 1.46. The Bertz CT molecular complexity index is 1590. The van der Waals surface area contributed by atoms with Gasteiger partial charge in [-0.1, -0.05) is 22.8 Å². The van der Waals surface area contributed by atoms with Gasteiger partial charge in [-0.2, -0.15) is 0 Å². The lowest BCUT2D eigenvalue weighted by Gasteiger charge is -2.24. The quantitative estimate of drug-likeness (QED) is 0.255. The number of carbonyl (C=O) groups excluding carboxylic acids is 1. The number of ether oxygens (including phenoxy) is 2. The Balaban J connectivity index is 1.75.